The van der Waals surface area contributed by atoms with Gasteiger partial charge in [0.1, 0.15) is 0 Å². The predicted octanol–water partition coefficient (Wildman–Crippen LogP) is 0.295. The highest BCUT2D eigenvalue weighted by Gasteiger charge is 2.50. The Morgan fingerprint density at radius 2 is 2.00 bits per heavy atom. The van der Waals surface area contributed by atoms with E-state index in [1.807, 2.05) is 0 Å². The average molecular weight is 281 g/mol. The second-order valence-corrected chi connectivity index (χ2v) is 6.84. The van der Waals surface area contributed by atoms with Crippen molar-refractivity contribution in [2.45, 2.75) is 32.2 Å². The number of ether oxygens (including phenoxy) is 1. The first-order valence-corrected chi connectivity index (χ1v) is 7.96. The van der Waals surface area contributed by atoms with E-state index >= 15 is 0 Å². The Balaban J connectivity index is 1.57. The monoisotopic (exact) mass is 281 g/mol. The molecule has 0 aromatic carbocycles. The maximum absolute atomic E-state index is 12.8. The molecule has 114 valence electrons. The molecule has 3 aliphatic rings. The van der Waals surface area contributed by atoms with Gasteiger partial charge in [-0.25, -0.2) is 0 Å². The lowest BCUT2D eigenvalue weighted by Gasteiger charge is -2.46. The number of likely N-dealkylation sites (tertiary alicyclic amines) is 1. The average Bonchev–Trinajstić information content (AvgIpc) is 2.93. The minimum atomic E-state index is -0.237. The van der Waals surface area contributed by atoms with E-state index in [0.717, 1.165) is 58.7 Å². The minimum absolute atomic E-state index is 0.237. The highest BCUT2D eigenvalue weighted by atomic mass is 16.5. The molecule has 0 radical (unpaired) electrons. The molecule has 20 heavy (non-hydrogen) atoms. The summed E-state index contributed by atoms with van der Waals surface area (Å²) in [5.41, 5.74) is 5.67. The predicted molar refractivity (Wildman–Crippen MR) is 77.3 cm³/mol. The Hall–Kier alpha value is -0.650. The van der Waals surface area contributed by atoms with Crippen LogP contribution in [0.5, 0.6) is 0 Å². The third kappa shape index (κ3) is 2.47. The molecule has 1 atom stereocenters. The molecule has 3 rings (SSSR count). The molecule has 0 bridgehead atoms. The smallest absolute Gasteiger partial charge is 0.230 e. The van der Waals surface area contributed by atoms with Crippen molar-refractivity contribution < 1.29 is 9.53 Å². The van der Waals surface area contributed by atoms with Crippen molar-refractivity contribution in [3.8, 4) is 0 Å². The second-order valence-electron chi connectivity index (χ2n) is 6.84. The molecule has 0 spiro atoms. The van der Waals surface area contributed by atoms with Crippen molar-refractivity contribution >= 4 is 5.91 Å². The van der Waals surface area contributed by atoms with Crippen molar-refractivity contribution in [3.05, 3.63) is 0 Å². The van der Waals surface area contributed by atoms with Gasteiger partial charge in [-0.05, 0) is 25.2 Å². The summed E-state index contributed by atoms with van der Waals surface area (Å²) in [5.74, 6) is 0.967. The topological polar surface area (TPSA) is 58.8 Å². The van der Waals surface area contributed by atoms with Crippen LogP contribution in [0.4, 0.5) is 0 Å². The fourth-order valence-electron chi connectivity index (χ4n) is 4.21. The first-order chi connectivity index (χ1) is 9.64. The fraction of sp³-hybridized carbons (Fsp3) is 0.933. The highest BCUT2D eigenvalue weighted by Crippen LogP contribution is 2.46. The lowest BCUT2D eigenvalue weighted by Crippen LogP contribution is -2.54. The van der Waals surface area contributed by atoms with E-state index in [-0.39, 0.29) is 5.41 Å². The van der Waals surface area contributed by atoms with Gasteiger partial charge >= 0.3 is 0 Å². The largest absolute Gasteiger partial charge is 0.379 e. The molecule has 5 nitrogen and oxygen atoms in total. The van der Waals surface area contributed by atoms with Gasteiger partial charge in [0.2, 0.25) is 5.91 Å². The van der Waals surface area contributed by atoms with Crippen LogP contribution < -0.4 is 5.73 Å². The Kier molecular flexibility index (Phi) is 4.02. The summed E-state index contributed by atoms with van der Waals surface area (Å²) in [6, 6.07) is 0.523. The van der Waals surface area contributed by atoms with Crippen molar-refractivity contribution in [2.24, 2.45) is 17.1 Å². The number of rotatable bonds is 3. The highest BCUT2D eigenvalue weighted by molar-refractivity contribution is 5.84. The van der Waals surface area contributed by atoms with Crippen molar-refractivity contribution in [1.29, 1.82) is 0 Å². The van der Waals surface area contributed by atoms with E-state index in [4.69, 9.17) is 10.5 Å². The van der Waals surface area contributed by atoms with Crippen LogP contribution in [0, 0.1) is 11.3 Å². The third-order valence-electron chi connectivity index (χ3n) is 5.34. The van der Waals surface area contributed by atoms with Crippen LogP contribution in [0.25, 0.3) is 0 Å². The van der Waals surface area contributed by atoms with Crippen molar-refractivity contribution in [1.82, 2.24) is 9.80 Å². The van der Waals surface area contributed by atoms with E-state index in [1.54, 1.807) is 0 Å². The van der Waals surface area contributed by atoms with Gasteiger partial charge in [0.25, 0.3) is 0 Å². The summed E-state index contributed by atoms with van der Waals surface area (Å²) in [7, 11) is 0. The molecule has 1 saturated carbocycles. The van der Waals surface area contributed by atoms with E-state index in [1.165, 1.54) is 0 Å². The van der Waals surface area contributed by atoms with Crippen LogP contribution in [0.1, 0.15) is 26.2 Å². The molecule has 5 heteroatoms. The van der Waals surface area contributed by atoms with Crippen molar-refractivity contribution in [3.63, 3.8) is 0 Å². The molecule has 2 N–H and O–H groups in total. The molecule has 2 saturated heterocycles. The van der Waals surface area contributed by atoms with E-state index in [2.05, 4.69) is 16.7 Å². The molecular formula is C15H27N3O2. The van der Waals surface area contributed by atoms with Crippen LogP contribution in [0.2, 0.25) is 0 Å². The zero-order valence-corrected chi connectivity index (χ0v) is 12.5. The molecule has 2 heterocycles. The molecule has 1 unspecified atom stereocenters. The van der Waals surface area contributed by atoms with E-state index < -0.39 is 0 Å². The standard InChI is InChI=1S/C15H27N3O2/c1-12-8-15(9-12,11-16)14(19)18-3-2-13(10-18)17-4-6-20-7-5-17/h12-13H,2-11,16H2,1H3. The maximum atomic E-state index is 12.8. The van der Waals surface area contributed by atoms with Crippen LogP contribution in [0.15, 0.2) is 0 Å². The number of hydrogen-bond donors (Lipinski definition) is 1. The van der Waals surface area contributed by atoms with Gasteiger partial charge in [0.05, 0.1) is 18.6 Å². The van der Waals surface area contributed by atoms with Gasteiger partial charge in [-0.15, -0.1) is 0 Å². The summed E-state index contributed by atoms with van der Waals surface area (Å²) >= 11 is 0. The maximum Gasteiger partial charge on any atom is 0.230 e. The summed E-state index contributed by atoms with van der Waals surface area (Å²) in [6.45, 7) is 8.17. The number of nitrogens with zero attached hydrogens (tertiary/aromatic N) is 2. The number of amides is 1. The SMILES string of the molecule is CC1CC(CN)(C(=O)N2CCC(N3CCOCC3)C2)C1. The van der Waals surface area contributed by atoms with Gasteiger partial charge in [0, 0.05) is 38.8 Å². The van der Waals surface area contributed by atoms with E-state index in [0.29, 0.717) is 24.4 Å². The molecule has 2 aliphatic heterocycles. The minimum Gasteiger partial charge on any atom is -0.379 e. The number of hydrogen-bond acceptors (Lipinski definition) is 4. The molecule has 3 fully saturated rings. The third-order valence-corrected chi connectivity index (χ3v) is 5.34. The molecular weight excluding hydrogens is 254 g/mol. The number of carbonyl (C=O) groups is 1. The number of morpholine rings is 1. The summed E-state index contributed by atoms with van der Waals surface area (Å²) in [6.07, 6.45) is 3.05. The summed E-state index contributed by atoms with van der Waals surface area (Å²) in [4.78, 5) is 17.3. The van der Waals surface area contributed by atoms with Gasteiger partial charge in [0.15, 0.2) is 0 Å². The lowest BCUT2D eigenvalue weighted by atomic mass is 9.62. The van der Waals surface area contributed by atoms with Crippen molar-refractivity contribution in [2.75, 3.05) is 45.9 Å². The zero-order chi connectivity index (χ0) is 14.2. The number of carbonyl (C=O) groups excluding carboxylic acids is 1. The summed E-state index contributed by atoms with van der Waals surface area (Å²) < 4.78 is 5.40. The zero-order valence-electron chi connectivity index (χ0n) is 12.5. The molecule has 1 aliphatic carbocycles. The molecule has 0 aromatic heterocycles. The Morgan fingerprint density at radius 1 is 1.30 bits per heavy atom. The summed E-state index contributed by atoms with van der Waals surface area (Å²) in [5, 5.41) is 0. The fourth-order valence-corrected chi connectivity index (χ4v) is 4.21. The first kappa shape index (κ1) is 14.3. The lowest BCUT2D eigenvalue weighted by molar-refractivity contribution is -0.148. The Bertz CT molecular complexity index is 362. The van der Waals surface area contributed by atoms with Gasteiger partial charge in [-0.3, -0.25) is 9.69 Å². The van der Waals surface area contributed by atoms with Crippen LogP contribution in [-0.2, 0) is 9.53 Å². The van der Waals surface area contributed by atoms with E-state index in [9.17, 15) is 4.79 Å². The van der Waals surface area contributed by atoms with Gasteiger partial charge in [-0.1, -0.05) is 6.92 Å². The number of nitrogens with two attached hydrogens (primary N) is 1. The quantitative estimate of drug-likeness (QED) is 0.808. The molecule has 1 amide bonds. The molecule has 0 aromatic rings. The second kappa shape index (κ2) is 5.62. The normalized spacial score (nSPS) is 38.8. The van der Waals surface area contributed by atoms with Crippen LogP contribution in [-0.4, -0.2) is 67.7 Å². The van der Waals surface area contributed by atoms with Gasteiger partial charge in [-0.2, -0.15) is 0 Å². The Labute approximate surface area is 121 Å². The van der Waals surface area contributed by atoms with Crippen LogP contribution >= 0.6 is 0 Å². The first-order valence-electron chi connectivity index (χ1n) is 7.96. The van der Waals surface area contributed by atoms with Gasteiger partial charge < -0.3 is 15.4 Å². The Morgan fingerprint density at radius 3 is 2.60 bits per heavy atom. The van der Waals surface area contributed by atoms with Crippen LogP contribution in [0.3, 0.4) is 0 Å².